The van der Waals surface area contributed by atoms with E-state index in [1.165, 1.54) is 0 Å². The maximum atomic E-state index is 12.1. The van der Waals surface area contributed by atoms with Gasteiger partial charge in [0, 0.05) is 31.1 Å². The third-order valence-electron chi connectivity index (χ3n) is 4.45. The van der Waals surface area contributed by atoms with Gasteiger partial charge in [-0.25, -0.2) is 0 Å². The number of nitrogens with zero attached hydrogens (tertiary/aromatic N) is 2. The van der Waals surface area contributed by atoms with E-state index in [2.05, 4.69) is 0 Å². The van der Waals surface area contributed by atoms with Gasteiger partial charge < -0.3 is 15.5 Å². The average Bonchev–Trinajstić information content (AvgIpc) is 3.10. The maximum Gasteiger partial charge on any atom is 0.242 e. The van der Waals surface area contributed by atoms with Crippen LogP contribution in [0.25, 0.3) is 0 Å². The second-order valence-corrected chi connectivity index (χ2v) is 6.03. The van der Waals surface area contributed by atoms with Crippen molar-refractivity contribution in [3.63, 3.8) is 0 Å². The average molecular weight is 288 g/mol. The number of halogens is 1. The summed E-state index contributed by atoms with van der Waals surface area (Å²) in [5.41, 5.74) is 5.80. The van der Waals surface area contributed by atoms with Crippen molar-refractivity contribution < 1.29 is 9.59 Å². The van der Waals surface area contributed by atoms with Gasteiger partial charge >= 0.3 is 0 Å². The standard InChI is InChI=1S/C13H21N3O2.ClH/c14-13(4-1-5-13)8-11(17)15-6-7-16(10-2-3-10)12(18)9-15;/h10H,1-9,14H2;1H. The highest BCUT2D eigenvalue weighted by Gasteiger charge is 2.39. The highest BCUT2D eigenvalue weighted by atomic mass is 35.5. The Labute approximate surface area is 119 Å². The van der Waals surface area contributed by atoms with Crippen LogP contribution in [0.1, 0.15) is 38.5 Å². The second-order valence-electron chi connectivity index (χ2n) is 6.03. The number of rotatable bonds is 3. The lowest BCUT2D eigenvalue weighted by molar-refractivity contribution is -0.146. The van der Waals surface area contributed by atoms with E-state index in [9.17, 15) is 9.59 Å². The lowest BCUT2D eigenvalue weighted by atomic mass is 9.75. The fraction of sp³-hybridized carbons (Fsp3) is 0.846. The largest absolute Gasteiger partial charge is 0.336 e. The molecule has 1 heterocycles. The molecular formula is C13H22ClN3O2. The molecule has 2 aliphatic carbocycles. The number of carbonyl (C=O) groups excluding carboxylic acids is 2. The molecule has 3 fully saturated rings. The first-order valence-corrected chi connectivity index (χ1v) is 6.94. The van der Waals surface area contributed by atoms with E-state index in [-0.39, 0.29) is 36.3 Å². The summed E-state index contributed by atoms with van der Waals surface area (Å²) in [7, 11) is 0. The predicted octanol–water partition coefficient (Wildman–Crippen LogP) is 0.513. The minimum Gasteiger partial charge on any atom is -0.336 e. The molecule has 0 atom stereocenters. The monoisotopic (exact) mass is 287 g/mol. The Balaban J connectivity index is 0.00000133. The Hall–Kier alpha value is -0.810. The minimum atomic E-state index is -0.284. The summed E-state index contributed by atoms with van der Waals surface area (Å²) in [5, 5.41) is 0. The molecule has 0 radical (unpaired) electrons. The summed E-state index contributed by atoms with van der Waals surface area (Å²) < 4.78 is 0. The Morgan fingerprint density at radius 2 is 2.00 bits per heavy atom. The molecule has 2 saturated carbocycles. The molecule has 5 nitrogen and oxygen atoms in total. The number of carbonyl (C=O) groups is 2. The van der Waals surface area contributed by atoms with Crippen molar-refractivity contribution in [2.24, 2.45) is 5.73 Å². The van der Waals surface area contributed by atoms with Crippen molar-refractivity contribution in [3.05, 3.63) is 0 Å². The van der Waals surface area contributed by atoms with Gasteiger partial charge in [-0.15, -0.1) is 12.4 Å². The van der Waals surface area contributed by atoms with E-state index in [0.717, 1.165) is 32.1 Å². The van der Waals surface area contributed by atoms with Gasteiger partial charge in [0.2, 0.25) is 11.8 Å². The maximum absolute atomic E-state index is 12.1. The molecule has 2 N–H and O–H groups in total. The summed E-state index contributed by atoms with van der Waals surface area (Å²) in [6.07, 6.45) is 5.67. The van der Waals surface area contributed by atoms with Crippen LogP contribution in [0.4, 0.5) is 0 Å². The van der Waals surface area contributed by atoms with E-state index in [1.54, 1.807) is 4.90 Å². The van der Waals surface area contributed by atoms with Gasteiger partial charge in [0.25, 0.3) is 0 Å². The summed E-state index contributed by atoms with van der Waals surface area (Å²) in [4.78, 5) is 27.7. The lowest BCUT2D eigenvalue weighted by Crippen LogP contribution is -2.56. The Morgan fingerprint density at radius 1 is 1.32 bits per heavy atom. The smallest absolute Gasteiger partial charge is 0.242 e. The van der Waals surface area contributed by atoms with Gasteiger partial charge in [0.1, 0.15) is 0 Å². The topological polar surface area (TPSA) is 66.6 Å². The molecule has 1 saturated heterocycles. The first-order chi connectivity index (χ1) is 8.57. The summed E-state index contributed by atoms with van der Waals surface area (Å²) in [6.45, 7) is 1.63. The summed E-state index contributed by atoms with van der Waals surface area (Å²) in [6, 6.07) is 0.460. The third kappa shape index (κ3) is 3.03. The first-order valence-electron chi connectivity index (χ1n) is 6.94. The molecule has 0 aromatic heterocycles. The van der Waals surface area contributed by atoms with Crippen molar-refractivity contribution in [2.75, 3.05) is 19.6 Å². The molecule has 0 spiro atoms. The van der Waals surface area contributed by atoms with Crippen molar-refractivity contribution in [1.82, 2.24) is 9.80 Å². The molecule has 6 heteroatoms. The van der Waals surface area contributed by atoms with Crippen LogP contribution in [0.2, 0.25) is 0 Å². The van der Waals surface area contributed by atoms with Crippen LogP contribution in [0, 0.1) is 0 Å². The van der Waals surface area contributed by atoms with Crippen LogP contribution in [0.5, 0.6) is 0 Å². The van der Waals surface area contributed by atoms with E-state index < -0.39 is 0 Å². The Morgan fingerprint density at radius 3 is 2.47 bits per heavy atom. The van der Waals surface area contributed by atoms with Gasteiger partial charge in [-0.3, -0.25) is 9.59 Å². The molecule has 0 aromatic rings. The van der Waals surface area contributed by atoms with E-state index in [0.29, 0.717) is 25.6 Å². The quantitative estimate of drug-likeness (QED) is 0.823. The van der Waals surface area contributed by atoms with Gasteiger partial charge in [0.15, 0.2) is 0 Å². The number of hydrogen-bond acceptors (Lipinski definition) is 3. The van der Waals surface area contributed by atoms with Crippen LogP contribution in [-0.2, 0) is 9.59 Å². The van der Waals surface area contributed by atoms with Gasteiger partial charge in [0.05, 0.1) is 6.54 Å². The number of nitrogens with two attached hydrogens (primary N) is 1. The van der Waals surface area contributed by atoms with Crippen LogP contribution in [0.15, 0.2) is 0 Å². The van der Waals surface area contributed by atoms with Crippen molar-refractivity contribution in [3.8, 4) is 0 Å². The number of amides is 2. The van der Waals surface area contributed by atoms with Crippen molar-refractivity contribution in [1.29, 1.82) is 0 Å². The Bertz CT molecular complexity index is 380. The highest BCUT2D eigenvalue weighted by Crippen LogP contribution is 2.33. The summed E-state index contributed by atoms with van der Waals surface area (Å²) in [5.74, 6) is 0.165. The van der Waals surface area contributed by atoms with E-state index in [4.69, 9.17) is 5.73 Å². The van der Waals surface area contributed by atoms with Gasteiger partial charge in [-0.05, 0) is 32.1 Å². The van der Waals surface area contributed by atoms with Crippen LogP contribution >= 0.6 is 12.4 Å². The van der Waals surface area contributed by atoms with Crippen LogP contribution in [0.3, 0.4) is 0 Å². The van der Waals surface area contributed by atoms with Crippen molar-refractivity contribution >= 4 is 24.2 Å². The highest BCUT2D eigenvalue weighted by molar-refractivity contribution is 5.87. The SMILES string of the molecule is Cl.NC1(CC(=O)N2CCN(C3CC3)C(=O)C2)CCC1. The predicted molar refractivity (Wildman–Crippen MR) is 73.9 cm³/mol. The number of hydrogen-bond donors (Lipinski definition) is 1. The van der Waals surface area contributed by atoms with E-state index >= 15 is 0 Å². The molecular weight excluding hydrogens is 266 g/mol. The molecule has 0 bridgehead atoms. The Kier molecular flexibility index (Phi) is 4.06. The normalized spacial score (nSPS) is 25.6. The lowest BCUT2D eigenvalue weighted by Gasteiger charge is -2.40. The summed E-state index contributed by atoms with van der Waals surface area (Å²) >= 11 is 0. The minimum absolute atomic E-state index is 0. The van der Waals surface area contributed by atoms with Gasteiger partial charge in [-0.1, -0.05) is 0 Å². The molecule has 3 rings (SSSR count). The molecule has 108 valence electrons. The fourth-order valence-corrected chi connectivity index (χ4v) is 2.89. The third-order valence-corrected chi connectivity index (χ3v) is 4.45. The molecule has 3 aliphatic rings. The molecule has 0 unspecified atom stereocenters. The molecule has 1 aliphatic heterocycles. The van der Waals surface area contributed by atoms with E-state index in [1.807, 2.05) is 4.90 Å². The molecule has 19 heavy (non-hydrogen) atoms. The van der Waals surface area contributed by atoms with Crippen molar-refractivity contribution in [2.45, 2.75) is 50.1 Å². The zero-order chi connectivity index (χ0) is 12.8. The van der Waals surface area contributed by atoms with Crippen LogP contribution in [-0.4, -0.2) is 52.8 Å². The van der Waals surface area contributed by atoms with Crippen LogP contribution < -0.4 is 5.73 Å². The zero-order valence-corrected chi connectivity index (χ0v) is 12.0. The molecule has 2 amide bonds. The molecule has 0 aromatic carbocycles. The second kappa shape index (κ2) is 5.29. The number of piperazine rings is 1. The fourth-order valence-electron chi connectivity index (χ4n) is 2.89. The first kappa shape index (κ1) is 14.6. The zero-order valence-electron chi connectivity index (χ0n) is 11.1. The van der Waals surface area contributed by atoms with Gasteiger partial charge in [-0.2, -0.15) is 0 Å².